The van der Waals surface area contributed by atoms with Crippen LogP contribution in [0.5, 0.6) is 11.5 Å². The number of fused-ring (bicyclic) bond motifs is 3. The third-order valence-corrected chi connectivity index (χ3v) is 8.50. The molecule has 7 nitrogen and oxygen atoms in total. The van der Waals surface area contributed by atoms with E-state index in [2.05, 4.69) is 117 Å². The summed E-state index contributed by atoms with van der Waals surface area (Å²) < 4.78 is 10.6. The van der Waals surface area contributed by atoms with E-state index in [9.17, 15) is 0 Å². The van der Waals surface area contributed by atoms with E-state index in [0.29, 0.717) is 11.5 Å². The summed E-state index contributed by atoms with van der Waals surface area (Å²) in [5, 5.41) is 7.38. The summed E-state index contributed by atoms with van der Waals surface area (Å²) in [6, 6.07) is 34.0. The average molecular weight is 725 g/mol. The van der Waals surface area contributed by atoms with Gasteiger partial charge in [0.25, 0.3) is 0 Å². The molecule has 0 spiro atoms. The second-order valence-electron chi connectivity index (χ2n) is 12.6. The molecule has 48 heavy (non-hydrogen) atoms. The van der Waals surface area contributed by atoms with E-state index in [4.69, 9.17) is 14.8 Å². The Hall–Kier alpha value is -4.90. The van der Waals surface area contributed by atoms with Gasteiger partial charge in [-0.2, -0.15) is 12.1 Å². The number of benzene rings is 4. The number of nitrogens with zero attached hydrogens (tertiary/aromatic N) is 6. The minimum absolute atomic E-state index is 0. The van der Waals surface area contributed by atoms with Gasteiger partial charge in [0.15, 0.2) is 5.82 Å². The molecule has 0 saturated heterocycles. The summed E-state index contributed by atoms with van der Waals surface area (Å²) in [7, 11) is 8.19. The van der Waals surface area contributed by atoms with Crippen molar-refractivity contribution in [3.05, 3.63) is 119 Å². The maximum absolute atomic E-state index is 6.47. The van der Waals surface area contributed by atoms with E-state index in [1.807, 2.05) is 55.3 Å². The van der Waals surface area contributed by atoms with Crippen LogP contribution in [0.1, 0.15) is 22.3 Å². The van der Waals surface area contributed by atoms with Crippen molar-refractivity contribution in [2.75, 3.05) is 38.0 Å². The Kier molecular flexibility index (Phi) is 8.91. The molecule has 0 amide bonds. The van der Waals surface area contributed by atoms with Crippen LogP contribution in [-0.4, -0.2) is 47.5 Å². The Morgan fingerprint density at radius 3 is 2.12 bits per heavy atom. The first-order valence-corrected chi connectivity index (χ1v) is 15.8. The monoisotopic (exact) mass is 724 g/mol. The first kappa shape index (κ1) is 33.0. The predicted octanol–water partition coefficient (Wildman–Crippen LogP) is 8.79. The maximum Gasteiger partial charge on any atom is 2.00 e. The molecule has 7 aromatic rings. The van der Waals surface area contributed by atoms with Gasteiger partial charge in [0.2, 0.25) is 0 Å². The van der Waals surface area contributed by atoms with Crippen molar-refractivity contribution in [1.29, 1.82) is 0 Å². The van der Waals surface area contributed by atoms with Crippen molar-refractivity contribution >= 4 is 33.4 Å². The standard InChI is InChI=1S/C40H38N6O.Pd/c1-25-18-19-41-36(22-25)45-34-15-10-9-14-32(34)33-17-16-31(24-35(33)45)47-30-13-11-12-29(23-30)46-40(44(7)8)38(39(42-46)43(5)6)37-27(3)20-26(2)21-28(37)4;/h9-22H,1-8H3;/q-2;+2. The fourth-order valence-electron chi connectivity index (χ4n) is 6.64. The quantitative estimate of drug-likeness (QED) is 0.122. The number of aryl methyl sites for hydroxylation is 4. The molecule has 0 aliphatic rings. The van der Waals surface area contributed by atoms with Crippen LogP contribution in [-0.2, 0) is 20.4 Å². The number of aromatic nitrogens is 4. The first-order valence-electron chi connectivity index (χ1n) is 15.8. The van der Waals surface area contributed by atoms with E-state index in [-0.39, 0.29) is 20.4 Å². The Balaban J connectivity index is 0.00000401. The molecule has 0 N–H and O–H groups in total. The molecule has 7 rings (SSSR count). The predicted molar refractivity (Wildman–Crippen MR) is 193 cm³/mol. The van der Waals surface area contributed by atoms with Crippen LogP contribution >= 0.6 is 0 Å². The first-order chi connectivity index (χ1) is 22.6. The SMILES string of the molecule is Cc1ccnc(-n2c3[c-]c(Oc4[c-]c(-n5nc(N(C)C)c(-c6c(C)cc(C)cc6C)c5N(C)C)ccc4)ccc3c3ccccc32)c1.[Pd+2]. The number of para-hydroxylation sites is 1. The molecule has 244 valence electrons. The van der Waals surface area contributed by atoms with Gasteiger partial charge < -0.3 is 19.1 Å². The van der Waals surface area contributed by atoms with Crippen molar-refractivity contribution in [2.45, 2.75) is 27.7 Å². The summed E-state index contributed by atoms with van der Waals surface area (Å²) in [5.74, 6) is 3.88. The van der Waals surface area contributed by atoms with Gasteiger partial charge in [-0.25, -0.2) is 9.67 Å². The normalized spacial score (nSPS) is 11.2. The zero-order valence-electron chi connectivity index (χ0n) is 28.5. The fourth-order valence-corrected chi connectivity index (χ4v) is 6.64. The topological polar surface area (TPSA) is 51.4 Å². The number of ether oxygens (including phenoxy) is 1. The second-order valence-corrected chi connectivity index (χ2v) is 12.6. The fraction of sp³-hybridized carbons (Fsp3) is 0.200. The zero-order chi connectivity index (χ0) is 33.0. The smallest absolute Gasteiger partial charge is 0.509 e. The summed E-state index contributed by atoms with van der Waals surface area (Å²) in [6.07, 6.45) is 1.85. The van der Waals surface area contributed by atoms with Gasteiger partial charge in [-0.1, -0.05) is 41.4 Å². The Morgan fingerprint density at radius 1 is 0.688 bits per heavy atom. The van der Waals surface area contributed by atoms with Crippen LogP contribution in [0.15, 0.2) is 85.1 Å². The second kappa shape index (κ2) is 13.0. The maximum atomic E-state index is 6.47. The molecule has 0 aliphatic carbocycles. The van der Waals surface area contributed by atoms with Crippen molar-refractivity contribution in [2.24, 2.45) is 0 Å². The molecule has 3 heterocycles. The van der Waals surface area contributed by atoms with Crippen LogP contribution in [0, 0.1) is 39.8 Å². The molecule has 0 atom stereocenters. The molecule has 4 aromatic carbocycles. The zero-order valence-corrected chi connectivity index (χ0v) is 30.0. The number of rotatable bonds is 7. The van der Waals surface area contributed by atoms with Gasteiger partial charge in [0, 0.05) is 51.4 Å². The molecule has 0 unspecified atom stereocenters. The van der Waals surface area contributed by atoms with Crippen molar-refractivity contribution in [3.63, 3.8) is 0 Å². The number of hydrogen-bond acceptors (Lipinski definition) is 5. The van der Waals surface area contributed by atoms with Gasteiger partial charge in [-0.05, 0) is 79.2 Å². The van der Waals surface area contributed by atoms with Crippen LogP contribution in [0.3, 0.4) is 0 Å². The molecule has 3 aromatic heterocycles. The molecule has 0 fully saturated rings. The summed E-state index contributed by atoms with van der Waals surface area (Å²) in [4.78, 5) is 8.89. The molecule has 0 radical (unpaired) electrons. The molecule has 0 bridgehead atoms. The van der Waals surface area contributed by atoms with Gasteiger partial charge in [0.1, 0.15) is 11.6 Å². The van der Waals surface area contributed by atoms with E-state index in [1.54, 1.807) is 0 Å². The molecule has 8 heteroatoms. The largest absolute Gasteiger partial charge is 2.00 e. The minimum atomic E-state index is 0. The Bertz CT molecular complexity index is 2270. The summed E-state index contributed by atoms with van der Waals surface area (Å²) in [5.41, 5.74) is 9.88. The molecule has 0 saturated carbocycles. The third-order valence-electron chi connectivity index (χ3n) is 8.50. The van der Waals surface area contributed by atoms with Gasteiger partial charge >= 0.3 is 20.4 Å². The van der Waals surface area contributed by atoms with Gasteiger partial charge in [0.05, 0.1) is 5.56 Å². The molecule has 0 aliphatic heterocycles. The van der Waals surface area contributed by atoms with Gasteiger partial charge in [-0.3, -0.25) is 0 Å². The summed E-state index contributed by atoms with van der Waals surface area (Å²) >= 11 is 0. The van der Waals surface area contributed by atoms with Crippen LogP contribution in [0.2, 0.25) is 0 Å². The average Bonchev–Trinajstić information content (AvgIpc) is 3.58. The van der Waals surface area contributed by atoms with Crippen LogP contribution in [0.25, 0.3) is 44.4 Å². The third kappa shape index (κ3) is 5.76. The Labute approximate surface area is 296 Å². The number of anilines is 2. The van der Waals surface area contributed by atoms with E-state index >= 15 is 0 Å². The minimum Gasteiger partial charge on any atom is -0.509 e. The number of pyridine rings is 1. The van der Waals surface area contributed by atoms with E-state index in [0.717, 1.165) is 56.1 Å². The molecular formula is C40H38N6OPd. The Morgan fingerprint density at radius 2 is 1.42 bits per heavy atom. The van der Waals surface area contributed by atoms with E-state index < -0.39 is 0 Å². The van der Waals surface area contributed by atoms with Crippen LogP contribution < -0.4 is 14.5 Å². The van der Waals surface area contributed by atoms with E-state index in [1.165, 1.54) is 22.3 Å². The number of hydrogen-bond donors (Lipinski definition) is 0. The van der Waals surface area contributed by atoms with Gasteiger partial charge in [-0.15, -0.1) is 40.8 Å². The molecular weight excluding hydrogens is 687 g/mol. The van der Waals surface area contributed by atoms with Crippen molar-refractivity contribution in [3.8, 4) is 34.1 Å². The summed E-state index contributed by atoms with van der Waals surface area (Å²) in [6.45, 7) is 8.57. The van der Waals surface area contributed by atoms with Crippen LogP contribution in [0.4, 0.5) is 11.6 Å². The van der Waals surface area contributed by atoms with Crippen molar-refractivity contribution < 1.29 is 25.2 Å². The van der Waals surface area contributed by atoms with Crippen molar-refractivity contribution in [1.82, 2.24) is 19.3 Å².